The van der Waals surface area contributed by atoms with Crippen LogP contribution < -0.4 is 0 Å². The summed E-state index contributed by atoms with van der Waals surface area (Å²) in [5.74, 6) is 0. The standard InChI is InChI=1S/C14H24O.C12H10/c1-12(2,3)14(13(4,5)6)10-8-7-9-11(14)15;1-3-7-11(8-4-1)12-9-5-2-6-10-12/h7-11,15H,1-6H3;1-10H. The van der Waals surface area contributed by atoms with Gasteiger partial charge >= 0.3 is 0 Å². The summed E-state index contributed by atoms with van der Waals surface area (Å²) in [4.78, 5) is 0. The fourth-order valence-electron chi connectivity index (χ4n) is 4.40. The molecule has 3 rings (SSSR count). The number of aliphatic hydroxyl groups is 1. The highest BCUT2D eigenvalue weighted by Crippen LogP contribution is 2.56. The van der Waals surface area contributed by atoms with Gasteiger partial charge in [-0.25, -0.2) is 0 Å². The molecule has 1 heteroatoms. The molecule has 0 saturated carbocycles. The summed E-state index contributed by atoms with van der Waals surface area (Å²) in [6, 6.07) is 20.8. The Kier molecular flexibility index (Phi) is 6.49. The molecule has 0 spiro atoms. The summed E-state index contributed by atoms with van der Waals surface area (Å²) < 4.78 is 0. The van der Waals surface area contributed by atoms with Gasteiger partial charge in [0.05, 0.1) is 6.10 Å². The maximum Gasteiger partial charge on any atom is 0.0824 e. The average molecular weight is 363 g/mol. The van der Waals surface area contributed by atoms with E-state index in [4.69, 9.17) is 0 Å². The quantitative estimate of drug-likeness (QED) is 0.584. The Labute approximate surface area is 165 Å². The predicted octanol–water partition coefficient (Wildman–Crippen LogP) is 6.91. The van der Waals surface area contributed by atoms with Crippen LogP contribution in [0, 0.1) is 16.2 Å². The van der Waals surface area contributed by atoms with Crippen molar-refractivity contribution in [3.63, 3.8) is 0 Å². The smallest absolute Gasteiger partial charge is 0.0824 e. The van der Waals surface area contributed by atoms with Crippen molar-refractivity contribution >= 4 is 0 Å². The molecule has 0 amide bonds. The number of aliphatic hydroxyl groups excluding tert-OH is 1. The molecule has 0 fully saturated rings. The van der Waals surface area contributed by atoms with Gasteiger partial charge in [0, 0.05) is 5.41 Å². The Morgan fingerprint density at radius 3 is 1.37 bits per heavy atom. The van der Waals surface area contributed by atoms with Crippen molar-refractivity contribution in [3.05, 3.63) is 85.0 Å². The summed E-state index contributed by atoms with van der Waals surface area (Å²) in [5, 5.41) is 10.4. The highest BCUT2D eigenvalue weighted by molar-refractivity contribution is 5.62. The van der Waals surface area contributed by atoms with Crippen LogP contribution in [-0.4, -0.2) is 11.2 Å². The van der Waals surface area contributed by atoms with Crippen LogP contribution in [0.15, 0.2) is 85.0 Å². The maximum absolute atomic E-state index is 10.4. The van der Waals surface area contributed by atoms with Gasteiger partial charge in [-0.1, -0.05) is 127 Å². The van der Waals surface area contributed by atoms with Crippen molar-refractivity contribution in [2.75, 3.05) is 0 Å². The minimum Gasteiger partial charge on any atom is -0.388 e. The van der Waals surface area contributed by atoms with Crippen LogP contribution in [0.25, 0.3) is 11.1 Å². The van der Waals surface area contributed by atoms with E-state index in [-0.39, 0.29) is 16.2 Å². The van der Waals surface area contributed by atoms with E-state index in [1.165, 1.54) is 11.1 Å². The molecule has 1 N–H and O–H groups in total. The number of hydrogen-bond donors (Lipinski definition) is 1. The fraction of sp³-hybridized carbons (Fsp3) is 0.385. The number of benzene rings is 2. The first-order valence-electron chi connectivity index (χ1n) is 9.74. The van der Waals surface area contributed by atoms with Crippen molar-refractivity contribution in [2.24, 2.45) is 16.2 Å². The second-order valence-corrected chi connectivity index (χ2v) is 9.29. The van der Waals surface area contributed by atoms with Gasteiger partial charge in [-0.2, -0.15) is 0 Å². The molecule has 1 atom stereocenters. The van der Waals surface area contributed by atoms with E-state index < -0.39 is 6.10 Å². The molecular weight excluding hydrogens is 328 g/mol. The molecule has 1 aliphatic carbocycles. The van der Waals surface area contributed by atoms with E-state index in [1.807, 2.05) is 24.3 Å². The first-order valence-corrected chi connectivity index (χ1v) is 9.74. The third-order valence-corrected chi connectivity index (χ3v) is 5.59. The van der Waals surface area contributed by atoms with E-state index in [1.54, 1.807) is 0 Å². The van der Waals surface area contributed by atoms with Gasteiger partial charge in [-0.3, -0.25) is 0 Å². The lowest BCUT2D eigenvalue weighted by Gasteiger charge is -2.54. The zero-order valence-electron chi connectivity index (χ0n) is 17.6. The molecular formula is C26H34O. The average Bonchev–Trinajstić information content (AvgIpc) is 2.62. The lowest BCUT2D eigenvalue weighted by Crippen LogP contribution is -2.53. The monoisotopic (exact) mass is 362 g/mol. The highest BCUT2D eigenvalue weighted by atomic mass is 16.3. The van der Waals surface area contributed by atoms with E-state index in [0.717, 1.165) is 0 Å². The molecule has 2 aromatic carbocycles. The number of rotatable bonds is 1. The Balaban J connectivity index is 0.000000198. The molecule has 2 aromatic rings. The second kappa shape index (κ2) is 8.27. The minimum atomic E-state index is -0.400. The van der Waals surface area contributed by atoms with Crippen molar-refractivity contribution in [1.82, 2.24) is 0 Å². The molecule has 0 heterocycles. The minimum absolute atomic E-state index is 0.0337. The molecule has 1 unspecified atom stereocenters. The Morgan fingerprint density at radius 2 is 1.07 bits per heavy atom. The first kappa shape index (κ1) is 21.2. The Morgan fingerprint density at radius 1 is 0.667 bits per heavy atom. The van der Waals surface area contributed by atoms with Crippen molar-refractivity contribution in [2.45, 2.75) is 47.6 Å². The normalized spacial score (nSPS) is 18.6. The van der Waals surface area contributed by atoms with Crippen LogP contribution in [0.2, 0.25) is 0 Å². The highest BCUT2D eigenvalue weighted by Gasteiger charge is 2.53. The largest absolute Gasteiger partial charge is 0.388 e. The molecule has 0 aliphatic heterocycles. The molecule has 144 valence electrons. The van der Waals surface area contributed by atoms with Gasteiger partial charge in [-0.15, -0.1) is 0 Å². The van der Waals surface area contributed by atoms with Crippen LogP contribution in [0.3, 0.4) is 0 Å². The van der Waals surface area contributed by atoms with Crippen LogP contribution >= 0.6 is 0 Å². The van der Waals surface area contributed by atoms with Crippen molar-refractivity contribution in [3.8, 4) is 11.1 Å². The summed E-state index contributed by atoms with van der Waals surface area (Å²) in [6.07, 6.45) is 7.67. The third kappa shape index (κ3) is 4.59. The van der Waals surface area contributed by atoms with Gasteiger partial charge in [-0.05, 0) is 22.0 Å². The van der Waals surface area contributed by atoms with Gasteiger partial charge in [0.15, 0.2) is 0 Å². The Hall–Kier alpha value is -2.12. The number of hydrogen-bond acceptors (Lipinski definition) is 1. The zero-order valence-corrected chi connectivity index (χ0v) is 17.6. The molecule has 0 radical (unpaired) electrons. The third-order valence-electron chi connectivity index (χ3n) is 5.59. The maximum atomic E-state index is 10.4. The molecule has 0 aromatic heterocycles. The molecule has 1 nitrogen and oxygen atoms in total. The van der Waals surface area contributed by atoms with Crippen LogP contribution in [0.5, 0.6) is 0 Å². The zero-order chi connectivity index (χ0) is 20.1. The molecule has 1 aliphatic rings. The Bertz CT molecular complexity index is 704. The van der Waals surface area contributed by atoms with Crippen molar-refractivity contribution in [1.29, 1.82) is 0 Å². The van der Waals surface area contributed by atoms with Crippen LogP contribution in [0.4, 0.5) is 0 Å². The first-order chi connectivity index (χ1) is 12.6. The van der Waals surface area contributed by atoms with E-state index in [9.17, 15) is 5.11 Å². The van der Waals surface area contributed by atoms with Gasteiger partial charge < -0.3 is 5.11 Å². The lowest BCUT2D eigenvalue weighted by atomic mass is 9.50. The number of allylic oxidation sites excluding steroid dienone is 2. The molecule has 27 heavy (non-hydrogen) atoms. The van der Waals surface area contributed by atoms with Crippen LogP contribution in [-0.2, 0) is 0 Å². The lowest BCUT2D eigenvalue weighted by molar-refractivity contribution is -0.0704. The van der Waals surface area contributed by atoms with Crippen molar-refractivity contribution < 1.29 is 5.11 Å². The fourth-order valence-corrected chi connectivity index (χ4v) is 4.40. The van der Waals surface area contributed by atoms with Gasteiger partial charge in [0.1, 0.15) is 0 Å². The summed E-state index contributed by atoms with van der Waals surface area (Å²) >= 11 is 0. The molecule has 0 bridgehead atoms. The van der Waals surface area contributed by atoms with Gasteiger partial charge in [0.2, 0.25) is 0 Å². The summed E-state index contributed by atoms with van der Waals surface area (Å²) in [5.41, 5.74) is 2.42. The van der Waals surface area contributed by atoms with Crippen LogP contribution in [0.1, 0.15) is 41.5 Å². The summed E-state index contributed by atoms with van der Waals surface area (Å²) in [7, 11) is 0. The van der Waals surface area contributed by atoms with E-state index >= 15 is 0 Å². The van der Waals surface area contributed by atoms with E-state index in [0.29, 0.717) is 0 Å². The predicted molar refractivity (Wildman–Crippen MR) is 118 cm³/mol. The van der Waals surface area contributed by atoms with Gasteiger partial charge in [0.25, 0.3) is 0 Å². The second-order valence-electron chi connectivity index (χ2n) is 9.29. The summed E-state index contributed by atoms with van der Waals surface area (Å²) in [6.45, 7) is 13.2. The van der Waals surface area contributed by atoms with E-state index in [2.05, 4.69) is 102 Å². The SMILES string of the molecule is CC(C)(C)C1(C(C)(C)C)C=CC=CC1O.c1ccc(-c2ccccc2)cc1. The topological polar surface area (TPSA) is 20.2 Å². The molecule has 0 saturated heterocycles.